The second kappa shape index (κ2) is 6.65. The Hall–Kier alpha value is -3.29. The molecule has 0 aliphatic rings. The zero-order valence-corrected chi connectivity index (χ0v) is 12.0. The quantitative estimate of drug-likeness (QED) is 0.670. The average molecular weight is 312 g/mol. The Morgan fingerprint density at radius 2 is 1.91 bits per heavy atom. The molecular formula is C15H13FN6O. The number of H-pyrrole nitrogens is 1. The van der Waals surface area contributed by atoms with Crippen LogP contribution in [0.1, 0.15) is 0 Å². The Morgan fingerprint density at radius 3 is 2.61 bits per heavy atom. The monoisotopic (exact) mass is 312 g/mol. The number of halogens is 1. The molecule has 3 rings (SSSR count). The summed E-state index contributed by atoms with van der Waals surface area (Å²) >= 11 is 0. The molecule has 8 heteroatoms. The summed E-state index contributed by atoms with van der Waals surface area (Å²) in [5, 5.41) is 18.9. The van der Waals surface area contributed by atoms with Crippen LogP contribution in [0.5, 0.6) is 0 Å². The van der Waals surface area contributed by atoms with Gasteiger partial charge in [-0.25, -0.2) is 9.49 Å². The van der Waals surface area contributed by atoms with Gasteiger partial charge in [-0.3, -0.25) is 4.79 Å². The van der Waals surface area contributed by atoms with Gasteiger partial charge in [0.25, 0.3) is 0 Å². The number of carbonyl (C=O) groups excluding carboxylic acids is 1. The molecule has 0 bridgehead atoms. The number of aromatic amines is 1. The molecule has 7 nitrogen and oxygen atoms in total. The summed E-state index contributed by atoms with van der Waals surface area (Å²) in [5.41, 5.74) is 1.72. The maximum atomic E-state index is 13.4. The van der Waals surface area contributed by atoms with Gasteiger partial charge in [0.2, 0.25) is 5.91 Å². The van der Waals surface area contributed by atoms with Crippen LogP contribution in [0.2, 0.25) is 0 Å². The molecule has 1 amide bonds. The molecule has 0 radical (unpaired) electrons. The van der Waals surface area contributed by atoms with Crippen LogP contribution in [0.25, 0.3) is 11.4 Å². The molecule has 23 heavy (non-hydrogen) atoms. The Labute approximate surface area is 130 Å². The fourth-order valence-electron chi connectivity index (χ4n) is 1.98. The minimum Gasteiger partial charge on any atom is -0.374 e. The summed E-state index contributed by atoms with van der Waals surface area (Å²) in [6.45, 7) is -0.0330. The maximum absolute atomic E-state index is 13.4. The molecule has 0 unspecified atom stereocenters. The van der Waals surface area contributed by atoms with Gasteiger partial charge in [0.1, 0.15) is 5.82 Å². The lowest BCUT2D eigenvalue weighted by Gasteiger charge is -2.08. The predicted octanol–water partition coefficient (Wildman–Crippen LogP) is 2.06. The van der Waals surface area contributed by atoms with Gasteiger partial charge in [-0.05, 0) is 46.8 Å². The normalized spacial score (nSPS) is 10.3. The minimum atomic E-state index is -0.398. The number of aromatic nitrogens is 4. The summed E-state index contributed by atoms with van der Waals surface area (Å²) in [5.74, 6) is -0.128. The van der Waals surface area contributed by atoms with Gasteiger partial charge < -0.3 is 10.6 Å². The van der Waals surface area contributed by atoms with Crippen LogP contribution in [0, 0.1) is 5.82 Å². The van der Waals surface area contributed by atoms with Gasteiger partial charge >= 0.3 is 0 Å². The van der Waals surface area contributed by atoms with E-state index in [1.54, 1.807) is 42.5 Å². The van der Waals surface area contributed by atoms with Crippen molar-refractivity contribution in [1.29, 1.82) is 0 Å². The third-order valence-corrected chi connectivity index (χ3v) is 3.10. The van der Waals surface area contributed by atoms with E-state index in [0.717, 1.165) is 5.56 Å². The highest BCUT2D eigenvalue weighted by Crippen LogP contribution is 2.17. The molecule has 0 saturated heterocycles. The van der Waals surface area contributed by atoms with E-state index in [1.807, 2.05) is 0 Å². The maximum Gasteiger partial charge on any atom is 0.243 e. The molecule has 0 atom stereocenters. The topological polar surface area (TPSA) is 95.6 Å². The van der Waals surface area contributed by atoms with Gasteiger partial charge in [0.15, 0.2) is 5.82 Å². The molecule has 1 heterocycles. The van der Waals surface area contributed by atoms with Crippen molar-refractivity contribution < 1.29 is 9.18 Å². The number of hydrogen-bond donors (Lipinski definition) is 3. The number of tetrazole rings is 1. The molecular weight excluding hydrogens is 299 g/mol. The first-order chi connectivity index (χ1) is 11.2. The van der Waals surface area contributed by atoms with E-state index in [0.29, 0.717) is 11.5 Å². The van der Waals surface area contributed by atoms with E-state index >= 15 is 0 Å². The Bertz CT molecular complexity index is 788. The Kier molecular flexibility index (Phi) is 4.23. The Morgan fingerprint density at radius 1 is 1.13 bits per heavy atom. The van der Waals surface area contributed by atoms with Gasteiger partial charge in [0.05, 0.1) is 12.2 Å². The van der Waals surface area contributed by atoms with Crippen molar-refractivity contribution >= 4 is 17.3 Å². The summed E-state index contributed by atoms with van der Waals surface area (Å²) < 4.78 is 13.4. The first-order valence-corrected chi connectivity index (χ1v) is 6.85. The van der Waals surface area contributed by atoms with Crippen molar-refractivity contribution in [2.75, 3.05) is 17.2 Å². The fraction of sp³-hybridized carbons (Fsp3) is 0.0667. The zero-order chi connectivity index (χ0) is 16.1. The van der Waals surface area contributed by atoms with Crippen molar-refractivity contribution in [3.05, 3.63) is 54.3 Å². The van der Waals surface area contributed by atoms with E-state index in [-0.39, 0.29) is 18.1 Å². The lowest BCUT2D eigenvalue weighted by atomic mass is 10.2. The van der Waals surface area contributed by atoms with Crippen LogP contribution < -0.4 is 10.6 Å². The van der Waals surface area contributed by atoms with E-state index in [2.05, 4.69) is 31.3 Å². The number of benzene rings is 2. The second-order valence-corrected chi connectivity index (χ2v) is 4.71. The van der Waals surface area contributed by atoms with Gasteiger partial charge in [0, 0.05) is 11.3 Å². The van der Waals surface area contributed by atoms with Crippen LogP contribution in [0.4, 0.5) is 15.8 Å². The summed E-state index contributed by atoms with van der Waals surface area (Å²) in [7, 11) is 0. The van der Waals surface area contributed by atoms with Crippen molar-refractivity contribution in [2.45, 2.75) is 0 Å². The summed E-state index contributed by atoms with van der Waals surface area (Å²) in [4.78, 5) is 11.9. The number of anilines is 2. The SMILES string of the molecule is O=C(CNc1ccccc1F)Nc1ccc(-c2nnn[nH]2)cc1. The van der Waals surface area contributed by atoms with Crippen LogP contribution in [-0.2, 0) is 4.79 Å². The minimum absolute atomic E-state index is 0.0330. The highest BCUT2D eigenvalue weighted by molar-refractivity contribution is 5.93. The third kappa shape index (κ3) is 3.67. The molecule has 1 aromatic heterocycles. The summed E-state index contributed by atoms with van der Waals surface area (Å²) in [6.07, 6.45) is 0. The van der Waals surface area contributed by atoms with Crippen molar-refractivity contribution in [1.82, 2.24) is 20.6 Å². The molecule has 0 spiro atoms. The number of amides is 1. The van der Waals surface area contributed by atoms with Gasteiger partial charge in [-0.15, -0.1) is 5.10 Å². The number of carbonyl (C=O) groups is 1. The molecule has 2 aromatic carbocycles. The van der Waals surface area contributed by atoms with E-state index < -0.39 is 5.82 Å². The van der Waals surface area contributed by atoms with E-state index in [4.69, 9.17) is 0 Å². The molecule has 0 aliphatic carbocycles. The molecule has 0 fully saturated rings. The van der Waals surface area contributed by atoms with E-state index in [1.165, 1.54) is 6.07 Å². The lowest BCUT2D eigenvalue weighted by molar-refractivity contribution is -0.114. The first kappa shape index (κ1) is 14.6. The Balaban J connectivity index is 1.57. The molecule has 3 N–H and O–H groups in total. The number of rotatable bonds is 5. The summed E-state index contributed by atoms with van der Waals surface area (Å²) in [6, 6.07) is 13.2. The van der Waals surface area contributed by atoms with Crippen LogP contribution in [-0.4, -0.2) is 33.1 Å². The van der Waals surface area contributed by atoms with Crippen LogP contribution in [0.3, 0.4) is 0 Å². The molecule has 3 aromatic rings. The molecule has 0 saturated carbocycles. The standard InChI is InChI=1S/C15H13FN6O/c16-12-3-1-2-4-13(12)17-9-14(23)18-11-7-5-10(6-8-11)15-19-21-22-20-15/h1-8,17H,9H2,(H,18,23)(H,19,20,21,22). The van der Waals surface area contributed by atoms with Gasteiger partial charge in [-0.1, -0.05) is 12.1 Å². The van der Waals surface area contributed by atoms with Crippen LogP contribution >= 0.6 is 0 Å². The molecule has 0 aliphatic heterocycles. The average Bonchev–Trinajstić information content (AvgIpc) is 3.09. The first-order valence-electron chi connectivity index (χ1n) is 6.85. The number of nitrogens with one attached hydrogen (secondary N) is 3. The number of para-hydroxylation sites is 1. The highest BCUT2D eigenvalue weighted by Gasteiger charge is 2.06. The van der Waals surface area contributed by atoms with Crippen molar-refractivity contribution in [2.24, 2.45) is 0 Å². The van der Waals surface area contributed by atoms with Crippen molar-refractivity contribution in [3.8, 4) is 11.4 Å². The van der Waals surface area contributed by atoms with E-state index in [9.17, 15) is 9.18 Å². The highest BCUT2D eigenvalue weighted by atomic mass is 19.1. The van der Waals surface area contributed by atoms with Gasteiger partial charge in [-0.2, -0.15) is 0 Å². The molecule has 116 valence electrons. The fourth-order valence-corrected chi connectivity index (χ4v) is 1.98. The largest absolute Gasteiger partial charge is 0.374 e. The predicted molar refractivity (Wildman–Crippen MR) is 83.1 cm³/mol. The van der Waals surface area contributed by atoms with Crippen molar-refractivity contribution in [3.63, 3.8) is 0 Å². The second-order valence-electron chi connectivity index (χ2n) is 4.71. The smallest absolute Gasteiger partial charge is 0.243 e. The number of hydrogen-bond acceptors (Lipinski definition) is 5. The third-order valence-electron chi connectivity index (χ3n) is 3.10. The lowest BCUT2D eigenvalue weighted by Crippen LogP contribution is -2.22. The number of nitrogens with zero attached hydrogens (tertiary/aromatic N) is 3. The zero-order valence-electron chi connectivity index (χ0n) is 12.0. The van der Waals surface area contributed by atoms with Crippen LogP contribution in [0.15, 0.2) is 48.5 Å².